The van der Waals surface area contributed by atoms with E-state index in [0.717, 1.165) is 34.9 Å². The topological polar surface area (TPSA) is 180 Å². The number of amides is 1. The summed E-state index contributed by atoms with van der Waals surface area (Å²) < 4.78 is 46.1. The van der Waals surface area contributed by atoms with Crippen molar-refractivity contribution in [2.45, 2.75) is 84.1 Å². The van der Waals surface area contributed by atoms with Crippen LogP contribution in [0.25, 0.3) is 22.7 Å². The van der Waals surface area contributed by atoms with Crippen LogP contribution in [0.5, 0.6) is 0 Å². The number of nitrogens with one attached hydrogen (secondary N) is 2. The molecule has 7 aromatic rings. The van der Waals surface area contributed by atoms with Crippen LogP contribution in [0.3, 0.4) is 0 Å². The number of nitrogens with zero attached hydrogens (tertiary/aromatic N) is 8. The average molecular weight is 903 g/mol. The van der Waals surface area contributed by atoms with Gasteiger partial charge in [-0.1, -0.05) is 19.0 Å². The molecule has 1 amide bonds. The fourth-order valence-electron chi connectivity index (χ4n) is 10.2. The monoisotopic (exact) mass is 902 g/mol. The smallest absolute Gasteiger partial charge is 0.387 e. The number of hydrogen-bond acceptors (Lipinski definition) is 10. The van der Waals surface area contributed by atoms with Gasteiger partial charge in [-0.05, 0) is 100 Å². The Hall–Kier alpha value is -6.32. The van der Waals surface area contributed by atoms with E-state index in [1.807, 2.05) is 51.1 Å². The average Bonchev–Trinajstić information content (AvgIpc) is 3.60. The molecule has 1 aliphatic carbocycles. The molecule has 2 aliphatic heterocycles. The molecule has 7 heterocycles. The summed E-state index contributed by atoms with van der Waals surface area (Å²) in [6.45, 7) is 10.8. The Morgan fingerprint density at radius 2 is 1.71 bits per heavy atom. The largest absolute Gasteiger partial charge is 0.438 e. The van der Waals surface area contributed by atoms with Crippen LogP contribution in [0.1, 0.15) is 108 Å². The van der Waals surface area contributed by atoms with E-state index in [1.54, 1.807) is 65.7 Å². The minimum atomic E-state index is -2.65. The lowest BCUT2D eigenvalue weighted by Crippen LogP contribution is -2.40. The Balaban J connectivity index is 1.10. The minimum absolute atomic E-state index is 0.216. The van der Waals surface area contributed by atoms with E-state index >= 15 is 9.18 Å². The summed E-state index contributed by atoms with van der Waals surface area (Å²) in [6.07, 6.45) is 9.53. The number of H-pyrrole nitrogens is 1. The molecule has 2 fully saturated rings. The van der Waals surface area contributed by atoms with Crippen LogP contribution >= 0.6 is 7.14 Å². The SMILES string of the molecule is CCP(=O)(CC)c1ccc(-n2ccn(-c3c4c(nn3-c3cc(C)c(F)c(C)c3)CCN(C(=O)c3cn5nc(C6CCOCC6)ccc5c3C3(c5noc(=O)[nH]5)CC3)[C@H]4C)c2=O)cc1NC. The number of ether oxygens (including phenoxy) is 1. The molecule has 0 radical (unpaired) electrons. The van der Waals surface area contributed by atoms with Crippen molar-refractivity contribution in [3.8, 4) is 17.2 Å². The number of anilines is 1. The number of aromatic nitrogens is 8. The second kappa shape index (κ2) is 16.0. The number of fused-ring (bicyclic) bond motifs is 2. The predicted molar refractivity (Wildman–Crippen MR) is 244 cm³/mol. The van der Waals surface area contributed by atoms with Gasteiger partial charge in [0, 0.05) is 92.2 Å². The van der Waals surface area contributed by atoms with Gasteiger partial charge in [-0.2, -0.15) is 10.2 Å². The highest BCUT2D eigenvalue weighted by molar-refractivity contribution is 7.71. The number of carbonyl (C=O) groups excluding carboxylic acids is 1. The van der Waals surface area contributed by atoms with Gasteiger partial charge in [0.05, 0.1) is 45.3 Å². The quantitative estimate of drug-likeness (QED) is 0.133. The molecule has 3 aliphatic rings. The normalized spacial score (nSPS) is 17.5. The van der Waals surface area contributed by atoms with E-state index in [-0.39, 0.29) is 17.6 Å². The molecule has 65 heavy (non-hydrogen) atoms. The van der Waals surface area contributed by atoms with E-state index in [2.05, 4.69) is 15.5 Å². The predicted octanol–water partition coefficient (Wildman–Crippen LogP) is 6.70. The molecule has 18 heteroatoms. The Morgan fingerprint density at radius 1 is 0.985 bits per heavy atom. The van der Waals surface area contributed by atoms with E-state index in [0.29, 0.717) is 108 Å². The molecule has 2 N–H and O–H groups in total. The number of benzene rings is 2. The van der Waals surface area contributed by atoms with E-state index < -0.39 is 30.0 Å². The zero-order valence-electron chi connectivity index (χ0n) is 37.4. The van der Waals surface area contributed by atoms with E-state index in [4.69, 9.17) is 19.5 Å². The van der Waals surface area contributed by atoms with Crippen molar-refractivity contribution in [3.63, 3.8) is 0 Å². The standard InChI is InChI=1S/C47H52FN10O6P/c1-7-65(62,8-2)38-12-9-31(25-36(38)49-6)55-19-20-56(46(55)61)42-39-29(5)54(18-13-35(39)52-58(42)32-23-27(3)41(48)28(4)24-32)43(59)33-26-57-37(11-10-34(51-57)30-14-21-63-22-15-30)40(33)47(16-17-47)44-50-45(60)64-53-44/h9-12,19-20,23-26,29-30,49H,7-8,13-18,21-22H2,1-6H3,(H,50,53,60)/t29-/m0/s1. The lowest BCUT2D eigenvalue weighted by Gasteiger charge is -2.34. The number of rotatable bonds is 11. The lowest BCUT2D eigenvalue weighted by atomic mass is 9.90. The molecule has 338 valence electrons. The van der Waals surface area contributed by atoms with Gasteiger partial charge < -0.3 is 19.5 Å². The Morgan fingerprint density at radius 3 is 2.37 bits per heavy atom. The van der Waals surface area contributed by atoms with Gasteiger partial charge >= 0.3 is 11.4 Å². The van der Waals surface area contributed by atoms with Crippen LogP contribution in [0.4, 0.5) is 10.1 Å². The number of halogens is 1. The molecular weight excluding hydrogens is 851 g/mol. The summed E-state index contributed by atoms with van der Waals surface area (Å²) in [7, 11) is -0.875. The summed E-state index contributed by atoms with van der Waals surface area (Å²) in [6, 6.07) is 12.3. The van der Waals surface area contributed by atoms with Gasteiger partial charge in [-0.15, -0.1) is 0 Å². The summed E-state index contributed by atoms with van der Waals surface area (Å²) >= 11 is 0. The fraction of sp³-hybridized carbons (Fsp3) is 0.404. The first-order valence-corrected chi connectivity index (χ1v) is 24.5. The molecule has 0 spiro atoms. The van der Waals surface area contributed by atoms with E-state index in [9.17, 15) is 14.2 Å². The van der Waals surface area contributed by atoms with Crippen molar-refractivity contribution >= 4 is 29.6 Å². The maximum atomic E-state index is 15.4. The summed E-state index contributed by atoms with van der Waals surface area (Å²) in [5.74, 6) is -0.234. The van der Waals surface area contributed by atoms with Crippen LogP contribution in [0.2, 0.25) is 0 Å². The molecule has 0 unspecified atom stereocenters. The molecule has 1 saturated heterocycles. The molecule has 1 saturated carbocycles. The maximum Gasteiger partial charge on any atom is 0.438 e. The number of aryl methyl sites for hydroxylation is 2. The first kappa shape index (κ1) is 42.6. The number of imidazole rings is 1. The zero-order chi connectivity index (χ0) is 45.5. The summed E-state index contributed by atoms with van der Waals surface area (Å²) in [5, 5.41) is 18.2. The van der Waals surface area contributed by atoms with Crippen molar-refractivity contribution < 1.29 is 23.0 Å². The summed E-state index contributed by atoms with van der Waals surface area (Å²) in [5.41, 5.74) is 5.70. The van der Waals surface area contributed by atoms with Gasteiger partial charge in [0.1, 0.15) is 18.8 Å². The Bertz CT molecular complexity index is 3170. The van der Waals surface area contributed by atoms with Crippen LogP contribution in [-0.4, -0.2) is 88.6 Å². The van der Waals surface area contributed by atoms with Crippen LogP contribution in [0, 0.1) is 19.7 Å². The van der Waals surface area contributed by atoms with Gasteiger partial charge in [-0.3, -0.25) is 23.4 Å². The summed E-state index contributed by atoms with van der Waals surface area (Å²) in [4.78, 5) is 47.1. The maximum absolute atomic E-state index is 15.4. The fourth-order valence-corrected chi connectivity index (χ4v) is 12.3. The van der Waals surface area contributed by atoms with Gasteiger partial charge in [-0.25, -0.2) is 23.2 Å². The number of hydrogen-bond donors (Lipinski definition) is 2. The minimum Gasteiger partial charge on any atom is -0.387 e. The Kier molecular flexibility index (Phi) is 10.5. The van der Waals surface area contributed by atoms with Gasteiger partial charge in [0.15, 0.2) is 5.82 Å². The van der Waals surface area contributed by atoms with Crippen LogP contribution in [0.15, 0.2) is 75.2 Å². The highest BCUT2D eigenvalue weighted by Crippen LogP contribution is 2.55. The van der Waals surface area contributed by atoms with Gasteiger partial charge in [0.2, 0.25) is 0 Å². The van der Waals surface area contributed by atoms with Gasteiger partial charge in [0.25, 0.3) is 5.91 Å². The third kappa shape index (κ3) is 6.84. The molecule has 0 bridgehead atoms. The van der Waals surface area contributed by atoms with Crippen molar-refractivity contribution in [1.82, 2.24) is 43.6 Å². The first-order valence-electron chi connectivity index (χ1n) is 22.4. The lowest BCUT2D eigenvalue weighted by molar-refractivity contribution is 0.0675. The first-order chi connectivity index (χ1) is 31.3. The third-order valence-corrected chi connectivity index (χ3v) is 17.3. The molecule has 5 aromatic heterocycles. The second-order valence-electron chi connectivity index (χ2n) is 17.6. The highest BCUT2D eigenvalue weighted by Gasteiger charge is 2.53. The van der Waals surface area contributed by atoms with Crippen LogP contribution < -0.4 is 22.1 Å². The molecule has 2 aromatic carbocycles. The zero-order valence-corrected chi connectivity index (χ0v) is 38.2. The van der Waals surface area contributed by atoms with Crippen molar-refractivity contribution in [2.24, 2.45) is 0 Å². The number of aromatic amines is 1. The third-order valence-electron chi connectivity index (χ3n) is 14.0. The van der Waals surface area contributed by atoms with Crippen molar-refractivity contribution in [2.75, 3.05) is 44.4 Å². The van der Waals surface area contributed by atoms with E-state index in [1.165, 1.54) is 9.13 Å². The van der Waals surface area contributed by atoms with Crippen LogP contribution in [-0.2, 0) is 21.1 Å². The molecule has 1 atom stereocenters. The molecule has 10 rings (SSSR count). The second-order valence-corrected chi connectivity index (χ2v) is 21.2. The van der Waals surface area contributed by atoms with Crippen molar-refractivity contribution in [1.29, 1.82) is 0 Å². The Labute approximate surface area is 373 Å². The van der Waals surface area contributed by atoms with Crippen molar-refractivity contribution in [3.05, 3.63) is 133 Å². The number of carbonyl (C=O) groups is 1. The molecular formula is C47H52FN10O6P. The highest BCUT2D eigenvalue weighted by atomic mass is 31.2. The molecule has 16 nitrogen and oxygen atoms in total.